The molecule has 0 heterocycles. The average Bonchev–Trinajstić information content (AvgIpc) is 2.42. The van der Waals surface area contributed by atoms with E-state index in [2.05, 4.69) is 0 Å². The van der Waals surface area contributed by atoms with Crippen molar-refractivity contribution in [1.82, 2.24) is 0 Å². The average molecular weight is 304 g/mol. The Bertz CT molecular complexity index is 428. The van der Waals surface area contributed by atoms with Crippen LogP contribution in [-0.4, -0.2) is 23.2 Å². The lowest BCUT2D eigenvalue weighted by atomic mass is 10.3. The van der Waals surface area contributed by atoms with E-state index in [9.17, 15) is 10.1 Å². The van der Waals surface area contributed by atoms with Gasteiger partial charge < -0.3 is 4.74 Å². The van der Waals surface area contributed by atoms with Gasteiger partial charge in [0.2, 0.25) is 0 Å². The van der Waals surface area contributed by atoms with Crippen molar-refractivity contribution in [3.05, 3.63) is 28.3 Å². The van der Waals surface area contributed by atoms with Crippen LogP contribution in [0.1, 0.15) is 20.3 Å². The maximum absolute atomic E-state index is 10.9. The van der Waals surface area contributed by atoms with Gasteiger partial charge in [0, 0.05) is 22.6 Å². The van der Waals surface area contributed by atoms with Crippen LogP contribution in [-0.2, 0) is 0 Å². The van der Waals surface area contributed by atoms with Crippen molar-refractivity contribution >= 4 is 29.1 Å². The smallest absolute Gasteiger partial charge is 0.274 e. The third kappa shape index (κ3) is 5.70. The fraction of sp³-hybridized carbons (Fsp3) is 0.538. The van der Waals surface area contributed by atoms with Crippen LogP contribution in [0.4, 0.5) is 5.69 Å². The zero-order chi connectivity index (χ0) is 14.3. The summed E-state index contributed by atoms with van der Waals surface area (Å²) < 4.78 is 5.48. The first kappa shape index (κ1) is 16.1. The standard InChI is InChI=1S/C13H18ClNO3S/c1-3-4-18-12-5-11(15(16)17)6-13(7-12)19-9-10(2)8-14/h5-7,10H,3-4,8-9H2,1-2H3. The second kappa shape index (κ2) is 8.27. The molecule has 1 aromatic rings. The van der Waals surface area contributed by atoms with E-state index in [0.717, 1.165) is 17.1 Å². The normalized spacial score (nSPS) is 12.2. The quantitative estimate of drug-likeness (QED) is 0.310. The molecular weight excluding hydrogens is 286 g/mol. The monoisotopic (exact) mass is 303 g/mol. The molecule has 0 aliphatic heterocycles. The lowest BCUT2D eigenvalue weighted by molar-refractivity contribution is -0.385. The maximum atomic E-state index is 10.9. The minimum atomic E-state index is -0.395. The molecule has 0 aromatic heterocycles. The third-order valence-electron chi connectivity index (χ3n) is 2.35. The van der Waals surface area contributed by atoms with Gasteiger partial charge in [0.25, 0.3) is 5.69 Å². The molecule has 6 heteroatoms. The van der Waals surface area contributed by atoms with Crippen molar-refractivity contribution < 1.29 is 9.66 Å². The van der Waals surface area contributed by atoms with Crippen LogP contribution < -0.4 is 4.74 Å². The molecule has 0 saturated heterocycles. The van der Waals surface area contributed by atoms with Crippen LogP contribution in [0.25, 0.3) is 0 Å². The Morgan fingerprint density at radius 3 is 2.79 bits per heavy atom. The lowest BCUT2D eigenvalue weighted by Gasteiger charge is -2.09. The van der Waals surface area contributed by atoms with Gasteiger partial charge in [0.05, 0.1) is 17.6 Å². The molecule has 4 nitrogen and oxygen atoms in total. The fourth-order valence-corrected chi connectivity index (χ4v) is 2.57. The molecule has 0 spiro atoms. The number of nitrogens with zero attached hydrogens (tertiary/aromatic N) is 1. The van der Waals surface area contributed by atoms with E-state index in [4.69, 9.17) is 16.3 Å². The van der Waals surface area contributed by atoms with Gasteiger partial charge in [-0.3, -0.25) is 10.1 Å². The summed E-state index contributed by atoms with van der Waals surface area (Å²) >= 11 is 7.32. The minimum absolute atomic E-state index is 0.0645. The second-order valence-electron chi connectivity index (χ2n) is 4.34. The number of ether oxygens (including phenoxy) is 1. The first-order valence-electron chi connectivity index (χ1n) is 6.17. The molecule has 0 fully saturated rings. The van der Waals surface area contributed by atoms with Gasteiger partial charge in [-0.1, -0.05) is 13.8 Å². The van der Waals surface area contributed by atoms with Crippen LogP contribution >= 0.6 is 23.4 Å². The highest BCUT2D eigenvalue weighted by Crippen LogP contribution is 2.30. The summed E-state index contributed by atoms with van der Waals surface area (Å²) in [5.41, 5.74) is 0.0645. The number of nitro benzene ring substituents is 1. The zero-order valence-electron chi connectivity index (χ0n) is 11.1. The van der Waals surface area contributed by atoms with E-state index in [1.807, 2.05) is 19.9 Å². The third-order valence-corrected chi connectivity index (χ3v) is 4.18. The Kier molecular flexibility index (Phi) is 7.02. The van der Waals surface area contributed by atoms with E-state index in [-0.39, 0.29) is 5.69 Å². The van der Waals surface area contributed by atoms with E-state index >= 15 is 0 Å². The van der Waals surface area contributed by atoms with Crippen molar-refractivity contribution in [2.45, 2.75) is 25.2 Å². The molecule has 1 unspecified atom stereocenters. The largest absolute Gasteiger partial charge is 0.493 e. The molecule has 1 atom stereocenters. The van der Waals surface area contributed by atoms with E-state index < -0.39 is 4.92 Å². The number of benzene rings is 1. The molecule has 0 aliphatic carbocycles. The van der Waals surface area contributed by atoms with E-state index in [0.29, 0.717) is 24.2 Å². The van der Waals surface area contributed by atoms with Crippen molar-refractivity contribution in [3.8, 4) is 5.75 Å². The van der Waals surface area contributed by atoms with Gasteiger partial charge in [-0.25, -0.2) is 0 Å². The molecule has 1 aromatic carbocycles. The molecule has 19 heavy (non-hydrogen) atoms. The number of hydrogen-bond donors (Lipinski definition) is 0. The molecule has 0 bridgehead atoms. The lowest BCUT2D eigenvalue weighted by Crippen LogP contribution is -2.00. The van der Waals surface area contributed by atoms with Crippen molar-refractivity contribution in [1.29, 1.82) is 0 Å². The summed E-state index contributed by atoms with van der Waals surface area (Å²) in [5.74, 6) is 2.34. The van der Waals surface area contributed by atoms with Crippen molar-refractivity contribution in [2.75, 3.05) is 18.2 Å². The summed E-state index contributed by atoms with van der Waals surface area (Å²) in [6.45, 7) is 4.60. The van der Waals surface area contributed by atoms with Crippen LogP contribution in [0.5, 0.6) is 5.75 Å². The van der Waals surface area contributed by atoms with Gasteiger partial charge in [-0.05, 0) is 18.4 Å². The maximum Gasteiger partial charge on any atom is 0.274 e. The van der Waals surface area contributed by atoms with Crippen molar-refractivity contribution in [2.24, 2.45) is 5.92 Å². The highest BCUT2D eigenvalue weighted by atomic mass is 35.5. The molecule has 106 valence electrons. The van der Waals surface area contributed by atoms with Crippen LogP contribution in [0.2, 0.25) is 0 Å². The Morgan fingerprint density at radius 2 is 2.21 bits per heavy atom. The fourth-order valence-electron chi connectivity index (χ4n) is 1.33. The second-order valence-corrected chi connectivity index (χ2v) is 5.74. The van der Waals surface area contributed by atoms with Gasteiger partial charge in [-0.15, -0.1) is 23.4 Å². The summed E-state index contributed by atoms with van der Waals surface area (Å²) in [6, 6.07) is 4.88. The number of rotatable bonds is 8. The zero-order valence-corrected chi connectivity index (χ0v) is 12.7. The van der Waals surface area contributed by atoms with Gasteiger partial charge in [0.15, 0.2) is 0 Å². The number of halogens is 1. The first-order valence-corrected chi connectivity index (χ1v) is 7.69. The molecule has 1 rings (SSSR count). The minimum Gasteiger partial charge on any atom is -0.493 e. The van der Waals surface area contributed by atoms with Crippen LogP contribution in [0.3, 0.4) is 0 Å². The topological polar surface area (TPSA) is 52.4 Å². The molecule has 0 N–H and O–H groups in total. The van der Waals surface area contributed by atoms with E-state index in [1.54, 1.807) is 17.8 Å². The summed E-state index contributed by atoms with van der Waals surface area (Å²) in [4.78, 5) is 11.3. The predicted octanol–water partition coefficient (Wildman–Crippen LogP) is 4.35. The van der Waals surface area contributed by atoms with E-state index in [1.165, 1.54) is 6.07 Å². The van der Waals surface area contributed by atoms with Gasteiger partial charge >= 0.3 is 0 Å². The molecule has 0 amide bonds. The summed E-state index contributed by atoms with van der Waals surface area (Å²) in [5, 5.41) is 10.9. The number of alkyl halides is 1. The highest BCUT2D eigenvalue weighted by molar-refractivity contribution is 7.99. The SMILES string of the molecule is CCCOc1cc(SCC(C)CCl)cc([N+](=O)[O-])c1. The molecule has 0 saturated carbocycles. The molecule has 0 aliphatic rings. The molecule has 0 radical (unpaired) electrons. The van der Waals surface area contributed by atoms with Gasteiger partial charge in [-0.2, -0.15) is 0 Å². The number of thioether (sulfide) groups is 1. The Hall–Kier alpha value is -0.940. The van der Waals surface area contributed by atoms with Gasteiger partial charge in [0.1, 0.15) is 5.75 Å². The van der Waals surface area contributed by atoms with Crippen molar-refractivity contribution in [3.63, 3.8) is 0 Å². The predicted molar refractivity (Wildman–Crippen MR) is 79.5 cm³/mol. The van der Waals surface area contributed by atoms with Crippen LogP contribution in [0, 0.1) is 16.0 Å². The molecular formula is C13H18ClNO3S. The Balaban J connectivity index is 2.83. The Morgan fingerprint density at radius 1 is 1.47 bits per heavy atom. The highest BCUT2D eigenvalue weighted by Gasteiger charge is 2.12. The number of non-ortho nitro benzene ring substituents is 1. The Labute approximate surface area is 122 Å². The summed E-state index contributed by atoms with van der Waals surface area (Å²) in [6.07, 6.45) is 0.869. The number of nitro groups is 1. The summed E-state index contributed by atoms with van der Waals surface area (Å²) in [7, 11) is 0. The number of hydrogen-bond acceptors (Lipinski definition) is 4. The first-order chi connectivity index (χ1) is 9.06. The van der Waals surface area contributed by atoms with Crippen LogP contribution in [0.15, 0.2) is 23.1 Å².